The lowest BCUT2D eigenvalue weighted by atomic mass is 9.82. The van der Waals surface area contributed by atoms with Gasteiger partial charge in [-0.1, -0.05) is 67.0 Å². The van der Waals surface area contributed by atoms with E-state index in [1.807, 2.05) is 46.8 Å². The van der Waals surface area contributed by atoms with Crippen molar-refractivity contribution in [3.05, 3.63) is 54.1 Å². The highest BCUT2D eigenvalue weighted by molar-refractivity contribution is 5.78. The SMILES string of the molecule is CCC(C)(C)C(=O)Oc1ccc(O)cc1.CCC(C)(C)c1ccc(O)cc1.CCCCOC(=O)C(C)CC. The van der Waals surface area contributed by atoms with Crippen molar-refractivity contribution in [2.75, 3.05) is 6.61 Å². The van der Waals surface area contributed by atoms with Crippen molar-refractivity contribution in [3.63, 3.8) is 0 Å². The van der Waals surface area contributed by atoms with Gasteiger partial charge in [0.25, 0.3) is 0 Å². The fourth-order valence-corrected chi connectivity index (χ4v) is 2.65. The summed E-state index contributed by atoms with van der Waals surface area (Å²) in [7, 11) is 0. The summed E-state index contributed by atoms with van der Waals surface area (Å²) in [6.07, 6.45) is 4.75. The Morgan fingerprint density at radius 1 is 0.816 bits per heavy atom. The molecule has 0 bridgehead atoms. The first-order valence-electron chi connectivity index (χ1n) is 13.7. The molecule has 0 heterocycles. The summed E-state index contributed by atoms with van der Waals surface area (Å²) in [5, 5.41) is 18.2. The van der Waals surface area contributed by atoms with Crippen LogP contribution in [-0.4, -0.2) is 28.8 Å². The third-order valence-electron chi connectivity index (χ3n) is 6.77. The number of phenols is 2. The van der Waals surface area contributed by atoms with Gasteiger partial charge >= 0.3 is 11.9 Å². The first kappa shape index (κ1) is 35.0. The Balaban J connectivity index is 0.000000549. The summed E-state index contributed by atoms with van der Waals surface area (Å²) in [5.74, 6) is 0.707. The molecule has 0 aliphatic carbocycles. The molecule has 2 aromatic rings. The molecule has 0 aliphatic heterocycles. The van der Waals surface area contributed by atoms with Crippen LogP contribution in [0.1, 0.15) is 100.0 Å². The number of carbonyl (C=O) groups excluding carboxylic acids is 2. The maximum absolute atomic E-state index is 11.7. The molecule has 1 unspecified atom stereocenters. The quantitative estimate of drug-likeness (QED) is 0.183. The van der Waals surface area contributed by atoms with Crippen LogP contribution in [0, 0.1) is 11.3 Å². The zero-order chi connectivity index (χ0) is 29.4. The number of hydrogen-bond donors (Lipinski definition) is 2. The average Bonchev–Trinajstić information content (AvgIpc) is 2.90. The standard InChI is InChI=1S/C12H16O3.C11H16O.C9H18O2/c1-4-12(2,3)11(14)15-10-7-5-9(13)6-8-10;1-4-11(2,3)9-5-7-10(12)8-6-9;1-4-6-7-11-9(10)8(3)5-2/h5-8,13H,4H2,1-3H3;5-8,12H,4H2,1-3H3;8H,4-7H2,1-3H3. The number of esters is 2. The molecule has 0 aromatic heterocycles. The summed E-state index contributed by atoms with van der Waals surface area (Å²) in [6.45, 7) is 18.8. The summed E-state index contributed by atoms with van der Waals surface area (Å²) in [6, 6.07) is 13.6. The predicted octanol–water partition coefficient (Wildman–Crippen LogP) is 8.19. The number of aromatic hydroxyl groups is 2. The summed E-state index contributed by atoms with van der Waals surface area (Å²) >= 11 is 0. The lowest BCUT2D eigenvalue weighted by Gasteiger charge is -2.22. The van der Waals surface area contributed by atoms with Crippen molar-refractivity contribution < 1.29 is 29.3 Å². The molecule has 0 amide bonds. The van der Waals surface area contributed by atoms with Crippen LogP contribution < -0.4 is 4.74 Å². The molecule has 0 spiro atoms. The van der Waals surface area contributed by atoms with E-state index in [-0.39, 0.29) is 29.0 Å². The zero-order valence-electron chi connectivity index (χ0n) is 25.0. The van der Waals surface area contributed by atoms with Gasteiger partial charge in [-0.3, -0.25) is 9.59 Å². The number of hydrogen-bond acceptors (Lipinski definition) is 6. The number of benzene rings is 2. The van der Waals surface area contributed by atoms with E-state index in [0.717, 1.165) is 32.1 Å². The Morgan fingerprint density at radius 3 is 1.74 bits per heavy atom. The first-order chi connectivity index (χ1) is 17.7. The molecule has 0 radical (unpaired) electrons. The second kappa shape index (κ2) is 17.5. The molecule has 0 fully saturated rings. The van der Waals surface area contributed by atoms with Crippen LogP contribution in [-0.2, 0) is 19.7 Å². The first-order valence-corrected chi connectivity index (χ1v) is 13.7. The van der Waals surface area contributed by atoms with Gasteiger partial charge in [0.2, 0.25) is 0 Å². The minimum Gasteiger partial charge on any atom is -0.508 e. The number of unbranched alkanes of at least 4 members (excludes halogenated alkanes) is 1. The maximum Gasteiger partial charge on any atom is 0.316 e. The van der Waals surface area contributed by atoms with Crippen molar-refractivity contribution in [1.29, 1.82) is 0 Å². The van der Waals surface area contributed by atoms with E-state index in [0.29, 0.717) is 18.1 Å². The smallest absolute Gasteiger partial charge is 0.316 e. The molecule has 38 heavy (non-hydrogen) atoms. The van der Waals surface area contributed by atoms with Crippen molar-refractivity contribution in [2.45, 2.75) is 99.8 Å². The van der Waals surface area contributed by atoms with Gasteiger partial charge in [-0.15, -0.1) is 0 Å². The fourth-order valence-electron chi connectivity index (χ4n) is 2.65. The van der Waals surface area contributed by atoms with Crippen molar-refractivity contribution in [2.24, 2.45) is 11.3 Å². The summed E-state index contributed by atoms with van der Waals surface area (Å²) < 4.78 is 10.2. The van der Waals surface area contributed by atoms with E-state index in [4.69, 9.17) is 19.7 Å². The number of ether oxygens (including phenoxy) is 2. The Morgan fingerprint density at radius 2 is 1.32 bits per heavy atom. The van der Waals surface area contributed by atoms with Crippen LogP contribution in [0.25, 0.3) is 0 Å². The van der Waals surface area contributed by atoms with Crippen molar-refractivity contribution in [1.82, 2.24) is 0 Å². The largest absolute Gasteiger partial charge is 0.508 e. The molecule has 6 nitrogen and oxygen atoms in total. The molecule has 2 rings (SSSR count). The molecule has 0 saturated carbocycles. The number of phenolic OH excluding ortho intramolecular Hbond substituents is 2. The lowest BCUT2D eigenvalue weighted by Crippen LogP contribution is -2.28. The molecule has 0 saturated heterocycles. The minimum atomic E-state index is -0.474. The van der Waals surface area contributed by atoms with Crippen LogP contribution in [0.2, 0.25) is 0 Å². The van der Waals surface area contributed by atoms with Gasteiger partial charge in [0, 0.05) is 0 Å². The molecule has 6 heteroatoms. The van der Waals surface area contributed by atoms with Gasteiger partial charge < -0.3 is 19.7 Å². The number of rotatable bonds is 10. The van der Waals surface area contributed by atoms with Crippen LogP contribution in [0.4, 0.5) is 0 Å². The molecule has 2 N–H and O–H groups in total. The van der Waals surface area contributed by atoms with E-state index in [1.165, 1.54) is 17.7 Å². The van der Waals surface area contributed by atoms with Gasteiger partial charge in [-0.2, -0.15) is 0 Å². The Bertz CT molecular complexity index is 929. The molecule has 214 valence electrons. The maximum atomic E-state index is 11.7. The molecule has 2 aromatic carbocycles. The molecule has 0 aliphatic rings. The van der Waals surface area contributed by atoms with Crippen molar-refractivity contribution >= 4 is 11.9 Å². The van der Waals surface area contributed by atoms with E-state index in [2.05, 4.69) is 27.7 Å². The zero-order valence-corrected chi connectivity index (χ0v) is 25.0. The van der Waals surface area contributed by atoms with Gasteiger partial charge in [0.15, 0.2) is 0 Å². The fraction of sp³-hybridized carbons (Fsp3) is 0.562. The summed E-state index contributed by atoms with van der Waals surface area (Å²) in [4.78, 5) is 22.7. The van der Waals surface area contributed by atoms with Crippen LogP contribution in [0.5, 0.6) is 17.2 Å². The molecule has 1 atom stereocenters. The molecular weight excluding hydrogens is 480 g/mol. The van der Waals surface area contributed by atoms with Crippen LogP contribution >= 0.6 is 0 Å². The van der Waals surface area contributed by atoms with Crippen molar-refractivity contribution in [3.8, 4) is 17.2 Å². The minimum absolute atomic E-state index is 0.0547. The van der Waals surface area contributed by atoms with E-state index in [9.17, 15) is 9.59 Å². The Labute approximate surface area is 230 Å². The topological polar surface area (TPSA) is 93.1 Å². The van der Waals surface area contributed by atoms with E-state index >= 15 is 0 Å². The Kier molecular flexibility index (Phi) is 16.1. The van der Waals surface area contributed by atoms with E-state index in [1.54, 1.807) is 24.3 Å². The predicted molar refractivity (Wildman–Crippen MR) is 155 cm³/mol. The summed E-state index contributed by atoms with van der Waals surface area (Å²) in [5.41, 5.74) is 1.02. The van der Waals surface area contributed by atoms with E-state index < -0.39 is 5.41 Å². The second-order valence-corrected chi connectivity index (χ2v) is 10.7. The van der Waals surface area contributed by atoms with Crippen LogP contribution in [0.3, 0.4) is 0 Å². The van der Waals surface area contributed by atoms with Gasteiger partial charge in [0.1, 0.15) is 17.2 Å². The lowest BCUT2D eigenvalue weighted by molar-refractivity contribution is -0.148. The highest BCUT2D eigenvalue weighted by Gasteiger charge is 2.27. The molecular formula is C32H50O6. The van der Waals surface area contributed by atoms with Gasteiger partial charge in [-0.05, 0) is 86.9 Å². The Hall–Kier alpha value is -3.02. The van der Waals surface area contributed by atoms with Crippen LogP contribution in [0.15, 0.2) is 48.5 Å². The third kappa shape index (κ3) is 13.5. The second-order valence-electron chi connectivity index (χ2n) is 10.7. The number of carbonyl (C=O) groups is 2. The van der Waals surface area contributed by atoms with Gasteiger partial charge in [-0.25, -0.2) is 0 Å². The monoisotopic (exact) mass is 530 g/mol. The third-order valence-corrected chi connectivity index (χ3v) is 6.77. The highest BCUT2D eigenvalue weighted by Crippen LogP contribution is 2.27. The normalized spacial score (nSPS) is 11.7. The van der Waals surface area contributed by atoms with Gasteiger partial charge in [0.05, 0.1) is 17.9 Å². The highest BCUT2D eigenvalue weighted by atomic mass is 16.5. The average molecular weight is 531 g/mol.